The van der Waals surface area contributed by atoms with Crippen molar-refractivity contribution in [2.45, 2.75) is 58.2 Å². The fourth-order valence-electron chi connectivity index (χ4n) is 1.97. The minimum Gasteiger partial charge on any atom is -0.467 e. The Kier molecular flexibility index (Phi) is 4.01. The topological polar surface area (TPSA) is 55.8 Å². The number of hydrogen-bond acceptors (Lipinski definition) is 4. The molecule has 5 heteroatoms. The third-order valence-electron chi connectivity index (χ3n) is 2.75. The smallest absolute Gasteiger partial charge is 0.411 e. The van der Waals surface area contributed by atoms with Gasteiger partial charge in [0, 0.05) is 6.04 Å². The van der Waals surface area contributed by atoms with E-state index in [1.165, 1.54) is 12.0 Å². The number of likely N-dealkylation sites (tertiary alicyclic amines) is 1. The number of rotatable bonds is 1. The van der Waals surface area contributed by atoms with Gasteiger partial charge in [-0.3, -0.25) is 4.90 Å². The van der Waals surface area contributed by atoms with Crippen LogP contribution in [0.4, 0.5) is 4.79 Å². The second-order valence-corrected chi connectivity index (χ2v) is 5.35. The maximum absolute atomic E-state index is 12.0. The molecule has 1 heterocycles. The van der Waals surface area contributed by atoms with E-state index in [-0.39, 0.29) is 12.0 Å². The van der Waals surface area contributed by atoms with Crippen molar-refractivity contribution in [3.63, 3.8) is 0 Å². The first-order valence-electron chi connectivity index (χ1n) is 5.85. The minimum absolute atomic E-state index is 0.00829. The van der Waals surface area contributed by atoms with Crippen LogP contribution in [0.25, 0.3) is 0 Å². The van der Waals surface area contributed by atoms with Gasteiger partial charge in [0.25, 0.3) is 0 Å². The van der Waals surface area contributed by atoms with Crippen LogP contribution in [0.1, 0.15) is 40.5 Å². The largest absolute Gasteiger partial charge is 0.467 e. The Labute approximate surface area is 102 Å². The summed E-state index contributed by atoms with van der Waals surface area (Å²) in [7, 11) is 1.33. The summed E-state index contributed by atoms with van der Waals surface area (Å²) in [5, 5.41) is 0. The van der Waals surface area contributed by atoms with Crippen molar-refractivity contribution in [2.24, 2.45) is 0 Å². The lowest BCUT2D eigenvalue weighted by Gasteiger charge is -2.30. The molecule has 2 atom stereocenters. The molecule has 0 N–H and O–H groups in total. The molecular formula is C12H21NO4. The summed E-state index contributed by atoms with van der Waals surface area (Å²) in [6, 6.07) is -0.501. The highest BCUT2D eigenvalue weighted by Gasteiger charge is 2.41. The molecular weight excluding hydrogens is 222 g/mol. The first-order valence-corrected chi connectivity index (χ1v) is 5.85. The average Bonchev–Trinajstić information content (AvgIpc) is 2.56. The Balaban J connectivity index is 2.78. The number of methoxy groups -OCH3 is 1. The molecule has 0 aromatic rings. The van der Waals surface area contributed by atoms with Crippen molar-refractivity contribution in [3.8, 4) is 0 Å². The molecule has 0 aliphatic carbocycles. The summed E-state index contributed by atoms with van der Waals surface area (Å²) in [4.78, 5) is 25.0. The van der Waals surface area contributed by atoms with Gasteiger partial charge in [-0.2, -0.15) is 0 Å². The number of carbonyl (C=O) groups is 2. The predicted molar refractivity (Wildman–Crippen MR) is 62.6 cm³/mol. The molecule has 0 saturated carbocycles. The standard InChI is InChI=1S/C12H21NO4/c1-8-6-7-9(10(14)16-5)13(8)11(15)17-12(2,3)4/h8-9H,6-7H2,1-5H3/t8-,9+/m1/s1. The highest BCUT2D eigenvalue weighted by atomic mass is 16.6. The second kappa shape index (κ2) is 4.94. The molecule has 5 nitrogen and oxygen atoms in total. The molecule has 1 aliphatic rings. The maximum Gasteiger partial charge on any atom is 0.411 e. The summed E-state index contributed by atoms with van der Waals surface area (Å²) in [5.41, 5.74) is -0.555. The summed E-state index contributed by atoms with van der Waals surface area (Å²) in [6.07, 6.45) is 0.976. The van der Waals surface area contributed by atoms with E-state index in [9.17, 15) is 9.59 Å². The number of hydrogen-bond donors (Lipinski definition) is 0. The predicted octanol–water partition coefficient (Wildman–Crippen LogP) is 1.95. The summed E-state index contributed by atoms with van der Waals surface area (Å²) in [5.74, 6) is -0.375. The molecule has 0 aromatic heterocycles. The van der Waals surface area contributed by atoms with Gasteiger partial charge in [0.05, 0.1) is 7.11 Å². The highest BCUT2D eigenvalue weighted by Crippen LogP contribution is 2.26. The van der Waals surface area contributed by atoms with Gasteiger partial charge < -0.3 is 9.47 Å². The van der Waals surface area contributed by atoms with Crippen molar-refractivity contribution in [1.29, 1.82) is 0 Å². The lowest BCUT2D eigenvalue weighted by atomic mass is 10.2. The van der Waals surface area contributed by atoms with Crippen LogP contribution in [0.15, 0.2) is 0 Å². The monoisotopic (exact) mass is 243 g/mol. The fourth-order valence-corrected chi connectivity index (χ4v) is 1.97. The van der Waals surface area contributed by atoms with Gasteiger partial charge in [0.15, 0.2) is 0 Å². The Morgan fingerprint density at radius 2 is 1.82 bits per heavy atom. The molecule has 0 bridgehead atoms. The summed E-state index contributed by atoms with van der Waals surface area (Å²) in [6.45, 7) is 7.32. The Morgan fingerprint density at radius 3 is 2.29 bits per heavy atom. The molecule has 98 valence electrons. The third kappa shape index (κ3) is 3.35. The van der Waals surface area contributed by atoms with Gasteiger partial charge in [-0.1, -0.05) is 0 Å². The van der Waals surface area contributed by atoms with Crippen molar-refractivity contribution < 1.29 is 19.1 Å². The Morgan fingerprint density at radius 1 is 1.24 bits per heavy atom. The molecule has 0 radical (unpaired) electrons. The van der Waals surface area contributed by atoms with E-state index in [4.69, 9.17) is 9.47 Å². The summed E-state index contributed by atoms with van der Waals surface area (Å²) >= 11 is 0. The van der Waals surface area contributed by atoms with Crippen molar-refractivity contribution in [3.05, 3.63) is 0 Å². The van der Waals surface area contributed by atoms with E-state index in [2.05, 4.69) is 0 Å². The van der Waals surface area contributed by atoms with Crippen LogP contribution < -0.4 is 0 Å². The van der Waals surface area contributed by atoms with Crippen LogP contribution in [-0.4, -0.2) is 41.8 Å². The van der Waals surface area contributed by atoms with Gasteiger partial charge in [0.1, 0.15) is 11.6 Å². The van der Waals surface area contributed by atoms with Crippen LogP contribution in [0.2, 0.25) is 0 Å². The molecule has 1 rings (SSSR count). The number of carbonyl (C=O) groups excluding carboxylic acids is 2. The van der Waals surface area contributed by atoms with E-state index < -0.39 is 17.7 Å². The zero-order valence-electron chi connectivity index (χ0n) is 11.1. The first-order chi connectivity index (χ1) is 7.76. The van der Waals surface area contributed by atoms with Crippen LogP contribution >= 0.6 is 0 Å². The van der Waals surface area contributed by atoms with E-state index in [0.717, 1.165) is 6.42 Å². The normalized spacial score (nSPS) is 24.6. The van der Waals surface area contributed by atoms with E-state index in [0.29, 0.717) is 6.42 Å². The van der Waals surface area contributed by atoms with E-state index >= 15 is 0 Å². The lowest BCUT2D eigenvalue weighted by Crippen LogP contribution is -2.46. The molecule has 1 fully saturated rings. The van der Waals surface area contributed by atoms with Crippen molar-refractivity contribution in [1.82, 2.24) is 4.90 Å². The zero-order valence-corrected chi connectivity index (χ0v) is 11.1. The van der Waals surface area contributed by atoms with Crippen LogP contribution in [-0.2, 0) is 14.3 Å². The average molecular weight is 243 g/mol. The fraction of sp³-hybridized carbons (Fsp3) is 0.833. The SMILES string of the molecule is COC(=O)[C@@H]1CC[C@@H](C)N1C(=O)OC(C)(C)C. The molecule has 0 unspecified atom stereocenters. The number of ether oxygens (including phenoxy) is 2. The molecule has 1 aliphatic heterocycles. The number of esters is 1. The van der Waals surface area contributed by atoms with Gasteiger partial charge in [-0.05, 0) is 40.5 Å². The van der Waals surface area contributed by atoms with Crippen molar-refractivity contribution in [2.75, 3.05) is 7.11 Å². The Hall–Kier alpha value is -1.26. The molecule has 0 aromatic carbocycles. The zero-order chi connectivity index (χ0) is 13.2. The number of nitrogens with zero attached hydrogens (tertiary/aromatic N) is 1. The molecule has 17 heavy (non-hydrogen) atoms. The third-order valence-corrected chi connectivity index (χ3v) is 2.75. The maximum atomic E-state index is 12.0. The minimum atomic E-state index is -0.555. The number of amides is 1. The van der Waals surface area contributed by atoms with Crippen LogP contribution in [0, 0.1) is 0 Å². The molecule has 1 saturated heterocycles. The second-order valence-electron chi connectivity index (χ2n) is 5.35. The van der Waals surface area contributed by atoms with E-state index in [1.54, 1.807) is 20.8 Å². The molecule has 0 spiro atoms. The quantitative estimate of drug-likeness (QED) is 0.660. The highest BCUT2D eigenvalue weighted by molar-refractivity contribution is 5.82. The summed E-state index contributed by atoms with van der Waals surface area (Å²) < 4.78 is 10.0. The first kappa shape index (κ1) is 13.8. The Bertz CT molecular complexity index is 308. The van der Waals surface area contributed by atoms with Crippen LogP contribution in [0.5, 0.6) is 0 Å². The van der Waals surface area contributed by atoms with Gasteiger partial charge >= 0.3 is 12.1 Å². The van der Waals surface area contributed by atoms with Crippen molar-refractivity contribution >= 4 is 12.1 Å². The van der Waals surface area contributed by atoms with Gasteiger partial charge in [0.2, 0.25) is 0 Å². The van der Waals surface area contributed by atoms with Gasteiger partial charge in [-0.25, -0.2) is 9.59 Å². The molecule has 1 amide bonds. The van der Waals surface area contributed by atoms with Gasteiger partial charge in [-0.15, -0.1) is 0 Å². The van der Waals surface area contributed by atoms with Crippen LogP contribution in [0.3, 0.4) is 0 Å². The van der Waals surface area contributed by atoms with E-state index in [1.807, 2.05) is 6.92 Å². The lowest BCUT2D eigenvalue weighted by molar-refractivity contribution is -0.146.